The van der Waals surface area contributed by atoms with Gasteiger partial charge < -0.3 is 0 Å². The Hall–Kier alpha value is -2.34. The Morgan fingerprint density at radius 2 is 1.32 bits per heavy atom. The van der Waals surface area contributed by atoms with Crippen LogP contribution in [0.4, 0.5) is 0 Å². The average molecular weight is 284 g/mol. The Labute approximate surface area is 132 Å². The molecule has 2 atom stereocenters. The summed E-state index contributed by atoms with van der Waals surface area (Å²) in [5, 5.41) is 0. The normalized spacial score (nSPS) is 23.2. The first-order chi connectivity index (χ1) is 10.8. The van der Waals surface area contributed by atoms with Gasteiger partial charge in [-0.25, -0.2) is 0 Å². The highest BCUT2D eigenvalue weighted by Crippen LogP contribution is 2.51. The SMILES string of the molecule is CC1(c2ccccc2)Cc2ccccc2C1c1ccccc1. The fourth-order valence-corrected chi connectivity index (χ4v) is 4.10. The van der Waals surface area contributed by atoms with E-state index in [-0.39, 0.29) is 5.41 Å². The van der Waals surface area contributed by atoms with Crippen LogP contribution in [0.3, 0.4) is 0 Å². The van der Waals surface area contributed by atoms with Crippen molar-refractivity contribution in [2.75, 3.05) is 0 Å². The van der Waals surface area contributed by atoms with Crippen molar-refractivity contribution in [3.8, 4) is 0 Å². The van der Waals surface area contributed by atoms with Gasteiger partial charge in [0.05, 0.1) is 0 Å². The Balaban J connectivity index is 1.93. The monoisotopic (exact) mass is 284 g/mol. The number of benzene rings is 3. The van der Waals surface area contributed by atoms with Crippen LogP contribution in [0.25, 0.3) is 0 Å². The van der Waals surface area contributed by atoms with Gasteiger partial charge >= 0.3 is 0 Å². The van der Waals surface area contributed by atoms with Gasteiger partial charge in [0, 0.05) is 11.3 Å². The maximum absolute atomic E-state index is 2.42. The predicted molar refractivity (Wildman–Crippen MR) is 92.2 cm³/mol. The number of hydrogen-bond acceptors (Lipinski definition) is 0. The van der Waals surface area contributed by atoms with Gasteiger partial charge in [-0.1, -0.05) is 91.9 Å². The number of hydrogen-bond donors (Lipinski definition) is 0. The standard InChI is InChI=1S/C22H20/c1-22(19-13-6-3-7-14-19)16-18-12-8-9-15-20(18)21(22)17-10-4-2-5-11-17/h2-15,21H,16H2,1H3. The molecule has 0 saturated heterocycles. The molecule has 0 heteroatoms. The summed E-state index contributed by atoms with van der Waals surface area (Å²) >= 11 is 0. The Bertz CT molecular complexity index is 773. The molecule has 0 N–H and O–H groups in total. The minimum atomic E-state index is 0.117. The van der Waals surface area contributed by atoms with E-state index in [1.165, 1.54) is 22.3 Å². The fourth-order valence-electron chi connectivity index (χ4n) is 4.10. The van der Waals surface area contributed by atoms with Crippen molar-refractivity contribution in [3.63, 3.8) is 0 Å². The van der Waals surface area contributed by atoms with Crippen molar-refractivity contribution in [1.82, 2.24) is 0 Å². The third kappa shape index (κ3) is 1.99. The second kappa shape index (κ2) is 5.14. The maximum Gasteiger partial charge on any atom is 0.0189 e. The summed E-state index contributed by atoms with van der Waals surface area (Å²) in [6, 6.07) is 30.9. The van der Waals surface area contributed by atoms with Crippen molar-refractivity contribution in [1.29, 1.82) is 0 Å². The molecule has 3 aromatic rings. The minimum Gasteiger partial charge on any atom is -0.0622 e. The zero-order valence-corrected chi connectivity index (χ0v) is 12.9. The Morgan fingerprint density at radius 1 is 0.727 bits per heavy atom. The van der Waals surface area contributed by atoms with Crippen LogP contribution in [0.15, 0.2) is 84.9 Å². The molecule has 1 aliphatic carbocycles. The highest BCUT2D eigenvalue weighted by Gasteiger charge is 2.44. The lowest BCUT2D eigenvalue weighted by atomic mass is 9.69. The first-order valence-electron chi connectivity index (χ1n) is 7.97. The van der Waals surface area contributed by atoms with E-state index in [0.717, 1.165) is 6.42 Å². The van der Waals surface area contributed by atoms with Gasteiger partial charge in [0.25, 0.3) is 0 Å². The summed E-state index contributed by atoms with van der Waals surface area (Å²) in [4.78, 5) is 0. The van der Waals surface area contributed by atoms with Gasteiger partial charge in [-0.2, -0.15) is 0 Å². The van der Waals surface area contributed by atoms with E-state index in [2.05, 4.69) is 91.9 Å². The summed E-state index contributed by atoms with van der Waals surface area (Å²) < 4.78 is 0. The molecule has 22 heavy (non-hydrogen) atoms. The summed E-state index contributed by atoms with van der Waals surface area (Å²) in [6.45, 7) is 2.42. The lowest BCUT2D eigenvalue weighted by Crippen LogP contribution is -2.28. The van der Waals surface area contributed by atoms with Gasteiger partial charge in [-0.3, -0.25) is 0 Å². The van der Waals surface area contributed by atoms with Crippen LogP contribution >= 0.6 is 0 Å². The first-order valence-corrected chi connectivity index (χ1v) is 7.97. The van der Waals surface area contributed by atoms with Gasteiger partial charge in [-0.15, -0.1) is 0 Å². The molecule has 0 aromatic heterocycles. The molecule has 3 aromatic carbocycles. The topological polar surface area (TPSA) is 0 Å². The number of rotatable bonds is 2. The van der Waals surface area contributed by atoms with Crippen LogP contribution in [0, 0.1) is 0 Å². The summed E-state index contributed by atoms with van der Waals surface area (Å²) in [7, 11) is 0. The molecular weight excluding hydrogens is 264 g/mol. The van der Waals surface area contributed by atoms with Gasteiger partial charge in [-0.05, 0) is 28.7 Å². The van der Waals surface area contributed by atoms with Crippen molar-refractivity contribution < 1.29 is 0 Å². The van der Waals surface area contributed by atoms with E-state index in [4.69, 9.17) is 0 Å². The third-order valence-corrected chi connectivity index (χ3v) is 5.13. The van der Waals surface area contributed by atoms with Crippen LogP contribution in [0.1, 0.15) is 35.1 Å². The maximum atomic E-state index is 2.42. The van der Waals surface area contributed by atoms with Crippen LogP contribution < -0.4 is 0 Å². The molecule has 0 nitrogen and oxygen atoms in total. The molecular formula is C22H20. The molecule has 4 rings (SSSR count). The predicted octanol–water partition coefficient (Wildman–Crippen LogP) is 5.33. The van der Waals surface area contributed by atoms with Crippen molar-refractivity contribution in [2.45, 2.75) is 24.7 Å². The molecule has 1 aliphatic rings. The van der Waals surface area contributed by atoms with Gasteiger partial charge in [0.2, 0.25) is 0 Å². The lowest BCUT2D eigenvalue weighted by Gasteiger charge is -2.33. The van der Waals surface area contributed by atoms with E-state index in [0.29, 0.717) is 5.92 Å². The molecule has 0 amide bonds. The largest absolute Gasteiger partial charge is 0.0622 e. The zero-order valence-electron chi connectivity index (χ0n) is 12.9. The molecule has 0 saturated carbocycles. The van der Waals surface area contributed by atoms with Crippen LogP contribution in [0.2, 0.25) is 0 Å². The number of fused-ring (bicyclic) bond motifs is 1. The summed E-state index contributed by atoms with van der Waals surface area (Å²) in [5.41, 5.74) is 5.94. The average Bonchev–Trinajstić information content (AvgIpc) is 2.90. The summed E-state index contributed by atoms with van der Waals surface area (Å²) in [5.74, 6) is 0.423. The lowest BCUT2D eigenvalue weighted by molar-refractivity contribution is 0.449. The van der Waals surface area contributed by atoms with E-state index >= 15 is 0 Å². The van der Waals surface area contributed by atoms with Crippen LogP contribution in [-0.4, -0.2) is 0 Å². The van der Waals surface area contributed by atoms with Crippen molar-refractivity contribution in [3.05, 3.63) is 107 Å². The second-order valence-electron chi connectivity index (χ2n) is 6.50. The summed E-state index contributed by atoms with van der Waals surface area (Å²) in [6.07, 6.45) is 1.10. The second-order valence-corrected chi connectivity index (χ2v) is 6.50. The smallest absolute Gasteiger partial charge is 0.0189 e. The van der Waals surface area contributed by atoms with Crippen LogP contribution in [-0.2, 0) is 11.8 Å². The molecule has 0 heterocycles. The molecule has 0 bridgehead atoms. The minimum absolute atomic E-state index is 0.117. The van der Waals surface area contributed by atoms with Crippen molar-refractivity contribution >= 4 is 0 Å². The molecule has 0 aliphatic heterocycles. The zero-order chi connectivity index (χ0) is 15.0. The van der Waals surface area contributed by atoms with Crippen molar-refractivity contribution in [2.24, 2.45) is 0 Å². The van der Waals surface area contributed by atoms with E-state index < -0.39 is 0 Å². The van der Waals surface area contributed by atoms with Gasteiger partial charge in [0.15, 0.2) is 0 Å². The van der Waals surface area contributed by atoms with E-state index in [1.807, 2.05) is 0 Å². The Kier molecular flexibility index (Phi) is 3.11. The van der Waals surface area contributed by atoms with Crippen LogP contribution in [0.5, 0.6) is 0 Å². The van der Waals surface area contributed by atoms with E-state index in [1.54, 1.807) is 0 Å². The fraction of sp³-hybridized carbons (Fsp3) is 0.182. The Morgan fingerprint density at radius 3 is 2.05 bits per heavy atom. The third-order valence-electron chi connectivity index (χ3n) is 5.13. The quantitative estimate of drug-likeness (QED) is 0.596. The molecule has 0 fully saturated rings. The molecule has 2 unspecified atom stereocenters. The molecule has 108 valence electrons. The van der Waals surface area contributed by atoms with E-state index in [9.17, 15) is 0 Å². The highest BCUT2D eigenvalue weighted by molar-refractivity contribution is 5.51. The molecule has 0 spiro atoms. The van der Waals surface area contributed by atoms with Gasteiger partial charge in [0.1, 0.15) is 0 Å². The first kappa shape index (κ1) is 13.3. The molecule has 0 radical (unpaired) electrons. The highest BCUT2D eigenvalue weighted by atomic mass is 14.5.